The second kappa shape index (κ2) is 34.6. The third kappa shape index (κ3) is 15.4. The predicted molar refractivity (Wildman–Crippen MR) is 283 cm³/mol. The minimum Gasteiger partial charge on any atom is -0.348 e. The highest BCUT2D eigenvalue weighted by Gasteiger charge is 2.54. The van der Waals surface area contributed by atoms with Gasteiger partial charge in [-0.15, -0.1) is 34.0 Å². The van der Waals surface area contributed by atoms with E-state index in [9.17, 15) is 9.59 Å². The van der Waals surface area contributed by atoms with Crippen LogP contribution in [0.3, 0.4) is 0 Å². The van der Waals surface area contributed by atoms with Gasteiger partial charge in [0.2, 0.25) is 11.8 Å². The molecule has 1 aromatic carbocycles. The minimum absolute atomic E-state index is 0. The van der Waals surface area contributed by atoms with Crippen molar-refractivity contribution >= 4 is 45.8 Å². The number of nitrogens with zero attached hydrogens (tertiary/aromatic N) is 4. The number of amides is 2. The molecule has 0 N–H and O–H groups in total. The first-order valence-corrected chi connectivity index (χ1v) is 26.2. The summed E-state index contributed by atoms with van der Waals surface area (Å²) in [4.78, 5) is 39.3. The lowest BCUT2D eigenvalue weighted by molar-refractivity contribution is -0.135. The summed E-state index contributed by atoms with van der Waals surface area (Å²) in [7, 11) is 7.52. The Morgan fingerprint density at radius 1 is 0.516 bits per heavy atom. The molecule has 2 aliphatic heterocycles. The van der Waals surface area contributed by atoms with Crippen LogP contribution in [0.25, 0.3) is 0 Å². The maximum Gasteiger partial charge on any atom is 0.239 e. The van der Waals surface area contributed by atoms with Crippen molar-refractivity contribution in [2.45, 2.75) is 154 Å². The number of hydrogen-bond acceptors (Lipinski definition) is 7. The summed E-state index contributed by atoms with van der Waals surface area (Å²) < 4.78 is 0. The average Bonchev–Trinajstić information content (AvgIpc) is 4.17. The molecule has 1 unspecified atom stereocenters. The first kappa shape index (κ1) is 63.5. The molecule has 2 fully saturated rings. The van der Waals surface area contributed by atoms with E-state index in [1.807, 2.05) is 117 Å². The number of benzene rings is 1. The molecule has 6 nitrogen and oxygen atoms in total. The molecule has 3 aromatic heterocycles. The number of carbonyl (C=O) groups excluding carboxylic acids is 2. The lowest BCUT2D eigenvalue weighted by Crippen LogP contribution is -2.50. The van der Waals surface area contributed by atoms with Crippen LogP contribution in [0, 0.1) is 11.8 Å². The van der Waals surface area contributed by atoms with Crippen LogP contribution in [0.5, 0.6) is 0 Å². The van der Waals surface area contributed by atoms with Crippen molar-refractivity contribution in [1.29, 1.82) is 0 Å². The first-order valence-electron chi connectivity index (χ1n) is 23.5. The van der Waals surface area contributed by atoms with Gasteiger partial charge in [-0.05, 0) is 105 Å². The van der Waals surface area contributed by atoms with Crippen molar-refractivity contribution in [1.82, 2.24) is 19.6 Å². The fourth-order valence-electron chi connectivity index (χ4n) is 8.03. The second-order valence-electron chi connectivity index (χ2n) is 14.5. The quantitative estimate of drug-likeness (QED) is 0.159. The smallest absolute Gasteiger partial charge is 0.239 e. The van der Waals surface area contributed by atoms with Gasteiger partial charge in [-0.3, -0.25) is 9.59 Å². The minimum atomic E-state index is -0.595. The van der Waals surface area contributed by atoms with Crippen LogP contribution >= 0.6 is 34.0 Å². The highest BCUT2D eigenvalue weighted by Crippen LogP contribution is 2.49. The lowest BCUT2D eigenvalue weighted by Gasteiger charge is -2.40. The van der Waals surface area contributed by atoms with Gasteiger partial charge in [0.05, 0.1) is 0 Å². The van der Waals surface area contributed by atoms with E-state index >= 15 is 0 Å². The molecule has 5 heterocycles. The van der Waals surface area contributed by atoms with E-state index in [1.54, 1.807) is 43.8 Å². The van der Waals surface area contributed by atoms with Crippen LogP contribution in [-0.4, -0.2) is 97.9 Å². The molecule has 6 rings (SSSR count). The third-order valence-corrected chi connectivity index (χ3v) is 13.6. The summed E-state index contributed by atoms with van der Waals surface area (Å²) in [6.07, 6.45) is 2.11. The zero-order chi connectivity index (χ0) is 47.3. The number of likely N-dealkylation sites (tertiary alicyclic amines) is 2. The standard InChI is InChI=1S/C21H28N2OS.C19H26N2OS2.6C2H6.CH4/c1-16(2)23-13-12-18(15-23)21(20(24)22(3)4,19-11-8-14-25-19)17-9-6-5-7-10-17;1-14(2)21-10-9-15(13-21)19(18(22)20(3)4,16-7-5-11-23-16)17-8-6-12-24-17;6*1-2;/h5-11,14,16,18H,12-13,15H2,1-4H3;5-8,11-12,14-15H,9-10,13H2,1-4H3;6*1-2H3;1H4/t18-,21?;15-;;;;;;;/m11......./s1. The zero-order valence-electron chi connectivity index (χ0n) is 42.5. The van der Waals surface area contributed by atoms with E-state index in [2.05, 4.69) is 114 Å². The molecule has 0 radical (unpaired) electrons. The Labute approximate surface area is 396 Å². The van der Waals surface area contributed by atoms with Crippen LogP contribution < -0.4 is 0 Å². The molecule has 4 aromatic rings. The Morgan fingerprint density at radius 2 is 0.823 bits per heavy atom. The van der Waals surface area contributed by atoms with E-state index in [0.29, 0.717) is 18.0 Å². The van der Waals surface area contributed by atoms with Crippen LogP contribution in [0.4, 0.5) is 0 Å². The molecule has 0 saturated carbocycles. The Kier molecular flexibility index (Phi) is 35.4. The average molecular weight is 916 g/mol. The summed E-state index contributed by atoms with van der Waals surface area (Å²) in [6, 6.07) is 24.0. The topological polar surface area (TPSA) is 47.1 Å². The maximum absolute atomic E-state index is 13.6. The molecule has 2 aliphatic rings. The fourth-order valence-corrected chi connectivity index (χ4v) is 11.1. The van der Waals surface area contributed by atoms with E-state index < -0.39 is 10.8 Å². The van der Waals surface area contributed by atoms with Crippen molar-refractivity contribution in [3.63, 3.8) is 0 Å². The second-order valence-corrected chi connectivity index (χ2v) is 17.3. The number of likely N-dealkylation sites (N-methyl/N-ethyl adjacent to an activating group) is 2. The molecular weight excluding hydrogens is 821 g/mol. The van der Waals surface area contributed by atoms with E-state index in [0.717, 1.165) is 49.5 Å². The van der Waals surface area contributed by atoms with Gasteiger partial charge in [-0.25, -0.2) is 0 Å². The Hall–Kier alpha value is -2.82. The van der Waals surface area contributed by atoms with Gasteiger partial charge in [0.1, 0.15) is 10.8 Å². The monoisotopic (exact) mass is 915 g/mol. The van der Waals surface area contributed by atoms with E-state index in [-0.39, 0.29) is 25.2 Å². The SMILES string of the molecule is C.CC.CC.CC.CC.CC.CC.CC(C)N1CC[C@@H](C(C(=O)N(C)C)(c2ccccc2)c2cccs2)C1.CC(C)N1CC[C@@H](C(C(=O)N(C)C)(c2cccs2)c2cccs2)C1. The van der Waals surface area contributed by atoms with Gasteiger partial charge < -0.3 is 19.6 Å². The Morgan fingerprint density at radius 3 is 1.10 bits per heavy atom. The van der Waals surface area contributed by atoms with Crippen LogP contribution in [0.2, 0.25) is 0 Å². The molecule has 0 aliphatic carbocycles. The lowest BCUT2D eigenvalue weighted by atomic mass is 9.67. The Bertz CT molecular complexity index is 1570. The number of rotatable bonds is 10. The van der Waals surface area contributed by atoms with Crippen molar-refractivity contribution in [3.8, 4) is 0 Å². The van der Waals surface area contributed by atoms with Crippen molar-refractivity contribution in [2.24, 2.45) is 11.8 Å². The van der Waals surface area contributed by atoms with Gasteiger partial charge in [0, 0.05) is 68.0 Å². The van der Waals surface area contributed by atoms with Gasteiger partial charge in [-0.2, -0.15) is 0 Å². The molecule has 2 amide bonds. The summed E-state index contributed by atoms with van der Waals surface area (Å²) in [5, 5.41) is 6.27. The molecule has 2 saturated heterocycles. The maximum atomic E-state index is 13.6. The molecule has 62 heavy (non-hydrogen) atoms. The van der Waals surface area contributed by atoms with Crippen molar-refractivity contribution in [2.75, 3.05) is 54.4 Å². The van der Waals surface area contributed by atoms with Gasteiger partial charge >= 0.3 is 0 Å². The Balaban J connectivity index is -0.000000893. The van der Waals surface area contributed by atoms with Crippen molar-refractivity contribution in [3.05, 3.63) is 103 Å². The number of carbonyl (C=O) groups is 2. The van der Waals surface area contributed by atoms with Crippen LogP contribution in [0.15, 0.2) is 82.9 Å². The largest absolute Gasteiger partial charge is 0.348 e. The first-order chi connectivity index (χ1) is 29.4. The number of thiophene rings is 3. The summed E-state index contributed by atoms with van der Waals surface area (Å²) in [5.74, 6) is 0.998. The van der Waals surface area contributed by atoms with Gasteiger partial charge in [0.15, 0.2) is 0 Å². The fraction of sp³-hybridized carbons (Fsp3) is 0.623. The normalized spacial score (nSPS) is 16.3. The molecule has 3 atom stereocenters. The molecular formula is C53H94N4O2S3. The highest BCUT2D eigenvalue weighted by atomic mass is 32.1. The molecule has 0 spiro atoms. The highest BCUT2D eigenvalue weighted by molar-refractivity contribution is 7.12. The third-order valence-electron chi connectivity index (χ3n) is 10.6. The van der Waals surface area contributed by atoms with Gasteiger partial charge in [-0.1, -0.05) is 139 Å². The van der Waals surface area contributed by atoms with E-state index in [1.165, 1.54) is 9.75 Å². The molecule has 9 heteroatoms. The van der Waals surface area contributed by atoms with Crippen molar-refractivity contribution < 1.29 is 9.59 Å². The molecule has 0 bridgehead atoms. The van der Waals surface area contributed by atoms with Crippen LogP contribution in [0.1, 0.15) is 151 Å². The zero-order valence-corrected chi connectivity index (χ0v) is 44.9. The summed E-state index contributed by atoms with van der Waals surface area (Å²) in [6.45, 7) is 37.0. The van der Waals surface area contributed by atoms with Crippen LogP contribution in [-0.2, 0) is 20.4 Å². The molecule has 356 valence electrons. The summed E-state index contributed by atoms with van der Waals surface area (Å²) >= 11 is 5.12. The van der Waals surface area contributed by atoms with Gasteiger partial charge in [0.25, 0.3) is 0 Å². The summed E-state index contributed by atoms with van der Waals surface area (Å²) in [5.41, 5.74) is -0.0235. The van der Waals surface area contributed by atoms with E-state index in [4.69, 9.17) is 0 Å². The predicted octanol–water partition coefficient (Wildman–Crippen LogP) is 14.6. The number of hydrogen-bond donors (Lipinski definition) is 0.